The normalized spacial score (nSPS) is 16.4. The minimum Gasteiger partial charge on any atom is -0.396 e. The summed E-state index contributed by atoms with van der Waals surface area (Å²) in [5, 5.41) is 8.64. The van der Waals surface area contributed by atoms with Crippen molar-refractivity contribution in [1.82, 2.24) is 9.55 Å². The third-order valence-electron chi connectivity index (χ3n) is 2.17. The number of rotatable bonds is 5. The number of hydrogen-bond acceptors (Lipinski definition) is 3. The molecule has 1 saturated carbocycles. The maximum absolute atomic E-state index is 8.64. The summed E-state index contributed by atoms with van der Waals surface area (Å²) in [6, 6.07) is 0.715. The van der Waals surface area contributed by atoms with Gasteiger partial charge >= 0.3 is 0 Å². The van der Waals surface area contributed by atoms with Crippen molar-refractivity contribution in [3.05, 3.63) is 18.2 Å². The summed E-state index contributed by atoms with van der Waals surface area (Å²) in [5.74, 6) is 1.78. The average molecular weight is 198 g/mol. The molecular weight excluding hydrogens is 184 g/mol. The van der Waals surface area contributed by atoms with Gasteiger partial charge in [0.1, 0.15) is 0 Å². The summed E-state index contributed by atoms with van der Waals surface area (Å²) >= 11 is 1.76. The summed E-state index contributed by atoms with van der Waals surface area (Å²) in [6.45, 7) is 0.266. The van der Waals surface area contributed by atoms with Crippen LogP contribution < -0.4 is 0 Å². The Hall–Kier alpha value is -0.480. The first kappa shape index (κ1) is 9.09. The van der Waals surface area contributed by atoms with E-state index in [1.807, 2.05) is 12.5 Å². The van der Waals surface area contributed by atoms with E-state index in [9.17, 15) is 0 Å². The van der Waals surface area contributed by atoms with Crippen molar-refractivity contribution in [2.45, 2.75) is 24.6 Å². The predicted octanol–water partition coefficient (Wildman–Crippen LogP) is 1.44. The SMILES string of the molecule is OCCSCc1cncn1C1CC1. The molecule has 0 radical (unpaired) electrons. The van der Waals surface area contributed by atoms with Gasteiger partial charge in [0.2, 0.25) is 0 Å². The van der Waals surface area contributed by atoms with Crippen LogP contribution in [0.3, 0.4) is 0 Å². The standard InChI is InChI=1S/C9H14N2OS/c12-3-4-13-6-9-5-10-7-11(9)8-1-2-8/h5,7-8,12H,1-4,6H2. The lowest BCUT2D eigenvalue weighted by Gasteiger charge is -2.04. The Morgan fingerprint density at radius 1 is 1.62 bits per heavy atom. The Kier molecular flexibility index (Phi) is 2.90. The van der Waals surface area contributed by atoms with Crippen LogP contribution in [0.15, 0.2) is 12.5 Å². The van der Waals surface area contributed by atoms with E-state index in [-0.39, 0.29) is 6.61 Å². The van der Waals surface area contributed by atoms with Crippen LogP contribution in [0.1, 0.15) is 24.6 Å². The molecule has 0 aromatic carbocycles. The van der Waals surface area contributed by atoms with Crippen LogP contribution in [0, 0.1) is 0 Å². The lowest BCUT2D eigenvalue weighted by Crippen LogP contribution is -1.98. The summed E-state index contributed by atoms with van der Waals surface area (Å²) in [4.78, 5) is 4.15. The van der Waals surface area contributed by atoms with Crippen molar-refractivity contribution in [2.75, 3.05) is 12.4 Å². The lowest BCUT2D eigenvalue weighted by molar-refractivity contribution is 0.322. The largest absolute Gasteiger partial charge is 0.396 e. The highest BCUT2D eigenvalue weighted by atomic mass is 32.2. The summed E-state index contributed by atoms with van der Waals surface area (Å²) in [7, 11) is 0. The van der Waals surface area contributed by atoms with Crippen LogP contribution in [0.4, 0.5) is 0 Å². The first-order valence-electron chi connectivity index (χ1n) is 4.61. The van der Waals surface area contributed by atoms with E-state index in [1.165, 1.54) is 18.5 Å². The lowest BCUT2D eigenvalue weighted by atomic mass is 10.5. The van der Waals surface area contributed by atoms with Gasteiger partial charge in [0.05, 0.1) is 12.9 Å². The van der Waals surface area contributed by atoms with Crippen LogP contribution in [0.5, 0.6) is 0 Å². The zero-order valence-electron chi connectivity index (χ0n) is 7.52. The Morgan fingerprint density at radius 2 is 2.46 bits per heavy atom. The van der Waals surface area contributed by atoms with Gasteiger partial charge in [-0.2, -0.15) is 11.8 Å². The molecule has 0 unspecified atom stereocenters. The van der Waals surface area contributed by atoms with Gasteiger partial charge in [-0.15, -0.1) is 0 Å². The fraction of sp³-hybridized carbons (Fsp3) is 0.667. The third kappa shape index (κ3) is 2.25. The van der Waals surface area contributed by atoms with Crippen LogP contribution in [0.25, 0.3) is 0 Å². The number of imidazole rings is 1. The van der Waals surface area contributed by atoms with Crippen LogP contribution in [-0.4, -0.2) is 27.0 Å². The van der Waals surface area contributed by atoms with Gasteiger partial charge in [-0.05, 0) is 12.8 Å². The number of aliphatic hydroxyl groups is 1. The second-order valence-corrected chi connectivity index (χ2v) is 4.40. The molecular formula is C9H14N2OS. The molecule has 0 aliphatic heterocycles. The smallest absolute Gasteiger partial charge is 0.0951 e. The van der Waals surface area contributed by atoms with Crippen molar-refractivity contribution in [3.63, 3.8) is 0 Å². The molecule has 0 spiro atoms. The zero-order chi connectivity index (χ0) is 9.10. The molecule has 0 saturated heterocycles. The first-order chi connectivity index (χ1) is 6.42. The van der Waals surface area contributed by atoms with Crippen LogP contribution in [-0.2, 0) is 5.75 Å². The van der Waals surface area contributed by atoms with Gasteiger partial charge in [0.25, 0.3) is 0 Å². The monoisotopic (exact) mass is 198 g/mol. The van der Waals surface area contributed by atoms with Gasteiger partial charge in [-0.1, -0.05) is 0 Å². The van der Waals surface area contributed by atoms with Gasteiger partial charge < -0.3 is 9.67 Å². The van der Waals surface area contributed by atoms with Crippen LogP contribution in [0.2, 0.25) is 0 Å². The van der Waals surface area contributed by atoms with Gasteiger partial charge in [-0.3, -0.25) is 0 Å². The number of aromatic nitrogens is 2. The quantitative estimate of drug-likeness (QED) is 0.728. The molecule has 13 heavy (non-hydrogen) atoms. The molecule has 0 amide bonds. The molecule has 3 nitrogen and oxygen atoms in total. The molecule has 1 N–H and O–H groups in total. The second kappa shape index (κ2) is 4.15. The van der Waals surface area contributed by atoms with Crippen molar-refractivity contribution >= 4 is 11.8 Å². The van der Waals surface area contributed by atoms with E-state index >= 15 is 0 Å². The van der Waals surface area contributed by atoms with Gasteiger partial charge in [0, 0.05) is 29.4 Å². The van der Waals surface area contributed by atoms with Gasteiger partial charge in [0.15, 0.2) is 0 Å². The fourth-order valence-electron chi connectivity index (χ4n) is 1.37. The molecule has 1 fully saturated rings. The highest BCUT2D eigenvalue weighted by molar-refractivity contribution is 7.98. The van der Waals surface area contributed by atoms with E-state index in [0.29, 0.717) is 6.04 Å². The van der Waals surface area contributed by atoms with Gasteiger partial charge in [-0.25, -0.2) is 4.98 Å². The Morgan fingerprint density at radius 3 is 3.15 bits per heavy atom. The third-order valence-corrected chi connectivity index (χ3v) is 3.14. The molecule has 1 heterocycles. The predicted molar refractivity (Wildman–Crippen MR) is 53.7 cm³/mol. The molecule has 0 bridgehead atoms. The summed E-state index contributed by atoms with van der Waals surface area (Å²) < 4.78 is 2.27. The molecule has 72 valence electrons. The van der Waals surface area contributed by atoms with Crippen molar-refractivity contribution < 1.29 is 5.11 Å². The van der Waals surface area contributed by atoms with E-state index in [2.05, 4.69) is 9.55 Å². The first-order valence-corrected chi connectivity index (χ1v) is 5.76. The average Bonchev–Trinajstić information content (AvgIpc) is 2.88. The topological polar surface area (TPSA) is 38.1 Å². The number of nitrogens with zero attached hydrogens (tertiary/aromatic N) is 2. The molecule has 0 atom stereocenters. The van der Waals surface area contributed by atoms with E-state index in [4.69, 9.17) is 5.11 Å². The summed E-state index contributed by atoms with van der Waals surface area (Å²) in [5.41, 5.74) is 1.29. The molecule has 1 aliphatic rings. The van der Waals surface area contributed by atoms with Crippen LogP contribution >= 0.6 is 11.8 Å². The summed E-state index contributed by atoms with van der Waals surface area (Å²) in [6.07, 6.45) is 6.46. The second-order valence-electron chi connectivity index (χ2n) is 3.30. The Balaban J connectivity index is 1.90. The van der Waals surface area contributed by atoms with E-state index in [1.54, 1.807) is 11.8 Å². The number of aliphatic hydroxyl groups excluding tert-OH is 1. The maximum Gasteiger partial charge on any atom is 0.0951 e. The van der Waals surface area contributed by atoms with Crippen molar-refractivity contribution in [1.29, 1.82) is 0 Å². The number of thioether (sulfide) groups is 1. The zero-order valence-corrected chi connectivity index (χ0v) is 8.33. The highest BCUT2D eigenvalue weighted by Crippen LogP contribution is 2.36. The molecule has 1 aliphatic carbocycles. The van der Waals surface area contributed by atoms with Crippen molar-refractivity contribution in [2.24, 2.45) is 0 Å². The highest BCUT2D eigenvalue weighted by Gasteiger charge is 2.24. The van der Waals surface area contributed by atoms with E-state index in [0.717, 1.165) is 11.5 Å². The molecule has 2 rings (SSSR count). The minimum absolute atomic E-state index is 0.266. The molecule has 1 aromatic rings. The Labute approximate surface area is 82.2 Å². The maximum atomic E-state index is 8.64. The van der Waals surface area contributed by atoms with Crippen molar-refractivity contribution in [3.8, 4) is 0 Å². The molecule has 1 aromatic heterocycles. The Bertz CT molecular complexity index is 270. The van der Waals surface area contributed by atoms with E-state index < -0.39 is 0 Å². The molecule has 4 heteroatoms. The number of hydrogen-bond donors (Lipinski definition) is 1. The fourth-order valence-corrected chi connectivity index (χ4v) is 2.07. The minimum atomic E-state index is 0.266.